The van der Waals surface area contributed by atoms with E-state index in [2.05, 4.69) is 10.0 Å². The van der Waals surface area contributed by atoms with Gasteiger partial charge in [0.05, 0.1) is 12.3 Å². The molecule has 0 aliphatic heterocycles. The van der Waals surface area contributed by atoms with Gasteiger partial charge in [0.1, 0.15) is 0 Å². The molecule has 0 radical (unpaired) electrons. The van der Waals surface area contributed by atoms with Crippen LogP contribution in [0.25, 0.3) is 0 Å². The Labute approximate surface area is 97.0 Å². The summed E-state index contributed by atoms with van der Waals surface area (Å²) in [5, 5.41) is 2.61. The molecule has 7 heteroatoms. The van der Waals surface area contributed by atoms with Crippen molar-refractivity contribution in [2.45, 2.75) is 38.8 Å². The number of carbonyl (C=O) groups is 1. The van der Waals surface area contributed by atoms with E-state index in [1.54, 1.807) is 13.8 Å². The predicted octanol–water partition coefficient (Wildman–Crippen LogP) is -0.832. The molecule has 1 unspecified atom stereocenters. The van der Waals surface area contributed by atoms with Gasteiger partial charge in [-0.2, -0.15) is 0 Å². The Balaban J connectivity index is 4.24. The average molecular weight is 251 g/mol. The molecule has 0 aliphatic rings. The van der Waals surface area contributed by atoms with E-state index in [1.165, 1.54) is 0 Å². The maximum atomic E-state index is 11.4. The average Bonchev–Trinajstić information content (AvgIpc) is 2.09. The maximum absolute atomic E-state index is 11.4. The first-order chi connectivity index (χ1) is 7.07. The van der Waals surface area contributed by atoms with Gasteiger partial charge in [-0.25, -0.2) is 13.1 Å². The summed E-state index contributed by atoms with van der Waals surface area (Å²) in [5.74, 6) is -0.272. The van der Waals surface area contributed by atoms with E-state index in [0.717, 1.165) is 6.26 Å². The first-order valence-corrected chi connectivity index (χ1v) is 6.99. The minimum absolute atomic E-state index is 0.201. The van der Waals surface area contributed by atoms with Crippen LogP contribution in [0.4, 0.5) is 0 Å². The Morgan fingerprint density at radius 3 is 2.31 bits per heavy atom. The van der Waals surface area contributed by atoms with E-state index >= 15 is 0 Å². The summed E-state index contributed by atoms with van der Waals surface area (Å²) in [6.45, 7) is 5.38. The maximum Gasteiger partial charge on any atom is 0.236 e. The number of carbonyl (C=O) groups excluding carboxylic acids is 1. The molecule has 0 aromatic carbocycles. The molecule has 0 rings (SSSR count). The SMILES string of the molecule is CCC(N)C(=O)NCC(C)(C)NS(C)(=O)=O. The van der Waals surface area contributed by atoms with Gasteiger partial charge in [0, 0.05) is 12.1 Å². The van der Waals surface area contributed by atoms with Crippen LogP contribution in [0.5, 0.6) is 0 Å². The summed E-state index contributed by atoms with van der Waals surface area (Å²) in [5.41, 5.74) is 4.80. The second-order valence-corrected chi connectivity index (χ2v) is 6.24. The zero-order valence-electron chi connectivity index (χ0n) is 10.2. The monoisotopic (exact) mass is 251 g/mol. The highest BCUT2D eigenvalue weighted by atomic mass is 32.2. The third kappa shape index (κ3) is 6.76. The molecular formula is C9H21N3O3S. The minimum atomic E-state index is -3.29. The molecule has 0 bridgehead atoms. The van der Waals surface area contributed by atoms with Gasteiger partial charge in [-0.3, -0.25) is 4.79 Å². The van der Waals surface area contributed by atoms with E-state index in [4.69, 9.17) is 5.73 Å². The normalized spacial score (nSPS) is 14.6. The van der Waals surface area contributed by atoms with E-state index in [-0.39, 0.29) is 12.5 Å². The van der Waals surface area contributed by atoms with E-state index in [1.807, 2.05) is 6.92 Å². The molecule has 4 N–H and O–H groups in total. The van der Waals surface area contributed by atoms with Crippen molar-refractivity contribution in [3.63, 3.8) is 0 Å². The highest BCUT2D eigenvalue weighted by Gasteiger charge is 2.23. The number of hydrogen-bond donors (Lipinski definition) is 3. The van der Waals surface area contributed by atoms with E-state index in [0.29, 0.717) is 6.42 Å². The van der Waals surface area contributed by atoms with Gasteiger partial charge in [0.25, 0.3) is 0 Å². The number of rotatable bonds is 6. The van der Waals surface area contributed by atoms with Crippen LogP contribution in [-0.4, -0.2) is 38.7 Å². The van der Waals surface area contributed by atoms with Crippen LogP contribution >= 0.6 is 0 Å². The third-order valence-electron chi connectivity index (χ3n) is 1.94. The Bertz CT molecular complexity index is 338. The molecular weight excluding hydrogens is 230 g/mol. The molecule has 1 amide bonds. The lowest BCUT2D eigenvalue weighted by atomic mass is 10.1. The Morgan fingerprint density at radius 2 is 1.94 bits per heavy atom. The summed E-state index contributed by atoms with van der Waals surface area (Å²) >= 11 is 0. The molecule has 96 valence electrons. The second-order valence-electron chi connectivity index (χ2n) is 4.49. The molecule has 0 heterocycles. The lowest BCUT2D eigenvalue weighted by Gasteiger charge is -2.25. The Hall–Kier alpha value is -0.660. The number of nitrogens with one attached hydrogen (secondary N) is 2. The highest BCUT2D eigenvalue weighted by Crippen LogP contribution is 2.02. The predicted molar refractivity (Wildman–Crippen MR) is 63.3 cm³/mol. The summed E-state index contributed by atoms with van der Waals surface area (Å²) in [6.07, 6.45) is 1.63. The standard InChI is InChI=1S/C9H21N3O3S/c1-5-7(10)8(13)11-6-9(2,3)12-16(4,14)15/h7,12H,5-6,10H2,1-4H3,(H,11,13). The van der Waals surface area contributed by atoms with Crippen LogP contribution in [0.1, 0.15) is 27.2 Å². The first kappa shape index (κ1) is 15.3. The summed E-state index contributed by atoms with van der Waals surface area (Å²) in [6, 6.07) is -0.547. The van der Waals surface area contributed by atoms with Gasteiger partial charge >= 0.3 is 0 Å². The van der Waals surface area contributed by atoms with Crippen molar-refractivity contribution in [3.8, 4) is 0 Å². The molecule has 0 aromatic heterocycles. The van der Waals surface area contributed by atoms with Crippen LogP contribution in [0.2, 0.25) is 0 Å². The fourth-order valence-corrected chi connectivity index (χ4v) is 2.24. The number of hydrogen-bond acceptors (Lipinski definition) is 4. The quantitative estimate of drug-likeness (QED) is 0.573. The minimum Gasteiger partial charge on any atom is -0.353 e. The fraction of sp³-hybridized carbons (Fsp3) is 0.889. The molecule has 6 nitrogen and oxygen atoms in total. The van der Waals surface area contributed by atoms with Gasteiger partial charge < -0.3 is 11.1 Å². The molecule has 1 atom stereocenters. The molecule has 0 aromatic rings. The van der Waals surface area contributed by atoms with Crippen molar-refractivity contribution >= 4 is 15.9 Å². The third-order valence-corrected chi connectivity index (χ3v) is 2.87. The van der Waals surface area contributed by atoms with Gasteiger partial charge in [0.2, 0.25) is 15.9 Å². The topological polar surface area (TPSA) is 101 Å². The highest BCUT2D eigenvalue weighted by molar-refractivity contribution is 7.88. The summed E-state index contributed by atoms with van der Waals surface area (Å²) in [7, 11) is -3.29. The summed E-state index contributed by atoms with van der Waals surface area (Å²) < 4.78 is 24.5. The van der Waals surface area contributed by atoms with Crippen LogP contribution < -0.4 is 15.8 Å². The smallest absolute Gasteiger partial charge is 0.236 e. The Kier molecular flexibility index (Phi) is 5.37. The van der Waals surface area contributed by atoms with Gasteiger partial charge in [0.15, 0.2) is 0 Å². The van der Waals surface area contributed by atoms with Crippen molar-refractivity contribution in [1.29, 1.82) is 0 Å². The Morgan fingerprint density at radius 1 is 1.44 bits per heavy atom. The second kappa shape index (κ2) is 5.60. The largest absolute Gasteiger partial charge is 0.353 e. The number of sulfonamides is 1. The van der Waals surface area contributed by atoms with Crippen molar-refractivity contribution in [2.75, 3.05) is 12.8 Å². The van der Waals surface area contributed by atoms with Gasteiger partial charge in [-0.1, -0.05) is 6.92 Å². The zero-order chi connectivity index (χ0) is 13.0. The zero-order valence-corrected chi connectivity index (χ0v) is 11.0. The first-order valence-electron chi connectivity index (χ1n) is 5.09. The molecule has 0 saturated carbocycles. The van der Waals surface area contributed by atoms with Crippen LogP contribution in [-0.2, 0) is 14.8 Å². The van der Waals surface area contributed by atoms with Crippen molar-refractivity contribution in [1.82, 2.24) is 10.0 Å². The van der Waals surface area contributed by atoms with Crippen molar-refractivity contribution in [3.05, 3.63) is 0 Å². The lowest BCUT2D eigenvalue weighted by Crippen LogP contribution is -2.53. The number of nitrogens with two attached hydrogens (primary N) is 1. The van der Waals surface area contributed by atoms with E-state index in [9.17, 15) is 13.2 Å². The molecule has 16 heavy (non-hydrogen) atoms. The molecule has 0 saturated heterocycles. The molecule has 0 aliphatic carbocycles. The molecule has 0 fully saturated rings. The van der Waals surface area contributed by atoms with Gasteiger partial charge in [-0.15, -0.1) is 0 Å². The number of amides is 1. The summed E-state index contributed by atoms with van der Waals surface area (Å²) in [4.78, 5) is 11.4. The van der Waals surface area contributed by atoms with Crippen LogP contribution in [0.15, 0.2) is 0 Å². The van der Waals surface area contributed by atoms with Crippen LogP contribution in [0.3, 0.4) is 0 Å². The fourth-order valence-electron chi connectivity index (χ4n) is 1.16. The van der Waals surface area contributed by atoms with E-state index < -0.39 is 21.6 Å². The van der Waals surface area contributed by atoms with Crippen LogP contribution in [0, 0.1) is 0 Å². The molecule has 0 spiro atoms. The van der Waals surface area contributed by atoms with Crippen molar-refractivity contribution < 1.29 is 13.2 Å². The van der Waals surface area contributed by atoms with Crippen molar-refractivity contribution in [2.24, 2.45) is 5.73 Å². The lowest BCUT2D eigenvalue weighted by molar-refractivity contribution is -0.122. The van der Waals surface area contributed by atoms with Gasteiger partial charge in [-0.05, 0) is 20.3 Å².